The van der Waals surface area contributed by atoms with Gasteiger partial charge in [-0.25, -0.2) is 0 Å². The molecule has 0 aromatic heterocycles. The van der Waals surface area contributed by atoms with Crippen molar-refractivity contribution in [1.82, 2.24) is 20.9 Å². The first-order valence-corrected chi connectivity index (χ1v) is 6.23. The van der Waals surface area contributed by atoms with E-state index >= 15 is 0 Å². The van der Waals surface area contributed by atoms with Gasteiger partial charge >= 0.3 is 0 Å². The van der Waals surface area contributed by atoms with Crippen LogP contribution in [0, 0.1) is 0 Å². The minimum atomic E-state index is 0.721. The van der Waals surface area contributed by atoms with Crippen LogP contribution < -0.4 is 16.0 Å². The summed E-state index contributed by atoms with van der Waals surface area (Å²) in [6.07, 6.45) is 2.66. The van der Waals surface area contributed by atoms with Crippen molar-refractivity contribution in [2.45, 2.75) is 24.9 Å². The third-order valence-corrected chi connectivity index (χ3v) is 3.58. The molecule has 2 fully saturated rings. The normalized spacial score (nSPS) is 32.6. The SMILES string of the molecule is CNCCNC1CCN(C2CCNC2)C1. The minimum Gasteiger partial charge on any atom is -0.318 e. The zero-order chi connectivity index (χ0) is 10.5. The Bertz CT molecular complexity index is 179. The molecule has 0 radical (unpaired) electrons. The number of nitrogens with one attached hydrogen (secondary N) is 3. The average molecular weight is 212 g/mol. The molecule has 2 rings (SSSR count). The Hall–Kier alpha value is -0.160. The van der Waals surface area contributed by atoms with E-state index in [1.807, 2.05) is 7.05 Å². The van der Waals surface area contributed by atoms with Crippen molar-refractivity contribution in [3.8, 4) is 0 Å². The lowest BCUT2D eigenvalue weighted by molar-refractivity contribution is 0.251. The Kier molecular flexibility index (Phi) is 4.38. The standard InChI is InChI=1S/C11H24N4/c1-12-5-6-14-10-3-7-15(9-10)11-2-4-13-8-11/h10-14H,2-9H2,1H3. The maximum absolute atomic E-state index is 3.61. The number of rotatable bonds is 5. The van der Waals surface area contributed by atoms with E-state index in [1.165, 1.54) is 39.0 Å². The molecule has 88 valence electrons. The predicted octanol–water partition coefficient (Wildman–Crippen LogP) is -0.768. The van der Waals surface area contributed by atoms with Crippen LogP contribution in [0.15, 0.2) is 0 Å². The van der Waals surface area contributed by atoms with Crippen molar-refractivity contribution in [3.05, 3.63) is 0 Å². The molecule has 2 aliphatic rings. The third kappa shape index (κ3) is 3.14. The fraction of sp³-hybridized carbons (Fsp3) is 1.00. The second kappa shape index (κ2) is 5.80. The monoisotopic (exact) mass is 212 g/mol. The van der Waals surface area contributed by atoms with Gasteiger partial charge in [0, 0.05) is 44.8 Å². The molecule has 15 heavy (non-hydrogen) atoms. The summed E-state index contributed by atoms with van der Waals surface area (Å²) in [5, 5.41) is 10.2. The molecule has 4 nitrogen and oxygen atoms in total. The summed E-state index contributed by atoms with van der Waals surface area (Å²) in [5.74, 6) is 0. The van der Waals surface area contributed by atoms with Crippen molar-refractivity contribution < 1.29 is 0 Å². The van der Waals surface area contributed by atoms with Crippen LogP contribution in [0.4, 0.5) is 0 Å². The minimum absolute atomic E-state index is 0.721. The number of hydrogen-bond donors (Lipinski definition) is 3. The molecule has 2 heterocycles. The van der Waals surface area contributed by atoms with Crippen LogP contribution in [0.2, 0.25) is 0 Å². The molecule has 2 atom stereocenters. The summed E-state index contributed by atoms with van der Waals surface area (Å²) in [6.45, 7) is 7.10. The highest BCUT2D eigenvalue weighted by Crippen LogP contribution is 2.16. The number of likely N-dealkylation sites (N-methyl/N-ethyl adjacent to an activating group) is 1. The molecule has 0 aliphatic carbocycles. The van der Waals surface area contributed by atoms with Gasteiger partial charge in [0.2, 0.25) is 0 Å². The average Bonchev–Trinajstić information content (AvgIpc) is 2.87. The van der Waals surface area contributed by atoms with Gasteiger partial charge in [0.1, 0.15) is 0 Å². The van der Waals surface area contributed by atoms with Crippen molar-refractivity contribution >= 4 is 0 Å². The molecule has 0 aromatic carbocycles. The van der Waals surface area contributed by atoms with Crippen LogP contribution in [0.25, 0.3) is 0 Å². The second-order valence-electron chi connectivity index (χ2n) is 4.68. The van der Waals surface area contributed by atoms with Crippen LogP contribution in [0.5, 0.6) is 0 Å². The maximum atomic E-state index is 3.61. The maximum Gasteiger partial charge on any atom is 0.0233 e. The van der Waals surface area contributed by atoms with Gasteiger partial charge in [0.25, 0.3) is 0 Å². The van der Waals surface area contributed by atoms with Gasteiger partial charge in [-0.15, -0.1) is 0 Å². The van der Waals surface area contributed by atoms with E-state index in [1.54, 1.807) is 0 Å². The van der Waals surface area contributed by atoms with Crippen LogP contribution in [-0.2, 0) is 0 Å². The summed E-state index contributed by atoms with van der Waals surface area (Å²) in [7, 11) is 2.01. The molecule has 0 saturated carbocycles. The first kappa shape index (κ1) is 11.3. The van der Waals surface area contributed by atoms with E-state index in [9.17, 15) is 0 Å². The van der Waals surface area contributed by atoms with Crippen molar-refractivity contribution in [3.63, 3.8) is 0 Å². The fourth-order valence-corrected chi connectivity index (χ4v) is 2.64. The van der Waals surface area contributed by atoms with Crippen LogP contribution in [0.1, 0.15) is 12.8 Å². The van der Waals surface area contributed by atoms with Crippen molar-refractivity contribution in [2.24, 2.45) is 0 Å². The molecular formula is C11H24N4. The predicted molar refractivity (Wildman–Crippen MR) is 63.2 cm³/mol. The summed E-state index contributed by atoms with van der Waals surface area (Å²) in [4.78, 5) is 2.65. The Morgan fingerprint density at radius 1 is 1.33 bits per heavy atom. The number of likely N-dealkylation sites (tertiary alicyclic amines) is 1. The lowest BCUT2D eigenvalue weighted by atomic mass is 10.2. The van der Waals surface area contributed by atoms with E-state index in [0.717, 1.165) is 25.2 Å². The Morgan fingerprint density at radius 2 is 2.27 bits per heavy atom. The molecule has 3 N–H and O–H groups in total. The van der Waals surface area contributed by atoms with Crippen LogP contribution >= 0.6 is 0 Å². The lowest BCUT2D eigenvalue weighted by Gasteiger charge is -2.23. The van der Waals surface area contributed by atoms with E-state index < -0.39 is 0 Å². The summed E-state index contributed by atoms with van der Waals surface area (Å²) in [5.41, 5.74) is 0. The van der Waals surface area contributed by atoms with E-state index in [0.29, 0.717) is 0 Å². The summed E-state index contributed by atoms with van der Waals surface area (Å²) < 4.78 is 0. The van der Waals surface area contributed by atoms with Crippen LogP contribution in [-0.4, -0.2) is 63.3 Å². The highest BCUT2D eigenvalue weighted by molar-refractivity contribution is 4.88. The smallest absolute Gasteiger partial charge is 0.0233 e. The van der Waals surface area contributed by atoms with Gasteiger partial charge in [-0.3, -0.25) is 4.90 Å². The van der Waals surface area contributed by atoms with E-state index in [2.05, 4.69) is 20.9 Å². The second-order valence-corrected chi connectivity index (χ2v) is 4.68. The molecule has 2 unspecified atom stereocenters. The highest BCUT2D eigenvalue weighted by Gasteiger charge is 2.29. The van der Waals surface area contributed by atoms with Crippen molar-refractivity contribution in [2.75, 3.05) is 46.3 Å². The number of nitrogens with zero attached hydrogens (tertiary/aromatic N) is 1. The van der Waals surface area contributed by atoms with Crippen LogP contribution in [0.3, 0.4) is 0 Å². The van der Waals surface area contributed by atoms with Gasteiger partial charge in [0.15, 0.2) is 0 Å². The molecule has 0 spiro atoms. The van der Waals surface area contributed by atoms with Crippen molar-refractivity contribution in [1.29, 1.82) is 0 Å². The molecule has 4 heteroatoms. The quantitative estimate of drug-likeness (QED) is 0.524. The van der Waals surface area contributed by atoms with E-state index in [-0.39, 0.29) is 0 Å². The highest BCUT2D eigenvalue weighted by atomic mass is 15.2. The Morgan fingerprint density at radius 3 is 3.00 bits per heavy atom. The Balaban J connectivity index is 1.65. The van der Waals surface area contributed by atoms with Gasteiger partial charge in [-0.05, 0) is 26.4 Å². The lowest BCUT2D eigenvalue weighted by Crippen LogP contribution is -2.40. The third-order valence-electron chi connectivity index (χ3n) is 3.58. The summed E-state index contributed by atoms with van der Waals surface area (Å²) >= 11 is 0. The number of hydrogen-bond acceptors (Lipinski definition) is 4. The molecular weight excluding hydrogens is 188 g/mol. The molecule has 2 saturated heterocycles. The largest absolute Gasteiger partial charge is 0.318 e. The molecule has 0 aromatic rings. The van der Waals surface area contributed by atoms with Gasteiger partial charge in [-0.2, -0.15) is 0 Å². The Labute approximate surface area is 92.8 Å². The molecule has 0 amide bonds. The summed E-state index contributed by atoms with van der Waals surface area (Å²) in [6, 6.07) is 1.53. The van der Waals surface area contributed by atoms with Gasteiger partial charge < -0.3 is 16.0 Å². The van der Waals surface area contributed by atoms with E-state index in [4.69, 9.17) is 0 Å². The molecule has 2 aliphatic heterocycles. The van der Waals surface area contributed by atoms with Gasteiger partial charge in [-0.1, -0.05) is 0 Å². The topological polar surface area (TPSA) is 39.3 Å². The fourth-order valence-electron chi connectivity index (χ4n) is 2.64. The molecule has 0 bridgehead atoms. The zero-order valence-electron chi connectivity index (χ0n) is 9.76. The zero-order valence-corrected chi connectivity index (χ0v) is 9.76. The first-order chi connectivity index (χ1) is 7.40. The van der Waals surface area contributed by atoms with Gasteiger partial charge in [0.05, 0.1) is 0 Å². The first-order valence-electron chi connectivity index (χ1n) is 6.23.